The SMILES string of the molecule is CCC(O[SiH](C)[C@](C)(CC)C(C)(C)C)[Si](C)(C)C. The van der Waals surface area contributed by atoms with Crippen molar-refractivity contribution in [1.82, 2.24) is 0 Å². The van der Waals surface area contributed by atoms with Crippen LogP contribution in [0.15, 0.2) is 0 Å². The lowest BCUT2D eigenvalue weighted by Gasteiger charge is -2.47. The van der Waals surface area contributed by atoms with Crippen LogP contribution in [0.4, 0.5) is 0 Å². The number of hydrogen-bond donors (Lipinski definition) is 0. The normalized spacial score (nSPS) is 20.3. The van der Waals surface area contributed by atoms with Crippen molar-refractivity contribution in [2.75, 3.05) is 0 Å². The number of hydrogen-bond acceptors (Lipinski definition) is 1. The van der Waals surface area contributed by atoms with Gasteiger partial charge in [-0.25, -0.2) is 0 Å². The van der Waals surface area contributed by atoms with Crippen LogP contribution in [0.3, 0.4) is 0 Å². The molecule has 0 aromatic rings. The summed E-state index contributed by atoms with van der Waals surface area (Å²) < 4.78 is 6.65. The van der Waals surface area contributed by atoms with Crippen LogP contribution in [0.25, 0.3) is 0 Å². The van der Waals surface area contributed by atoms with Crippen molar-refractivity contribution < 1.29 is 4.43 Å². The van der Waals surface area contributed by atoms with Crippen LogP contribution in [0, 0.1) is 5.41 Å². The van der Waals surface area contributed by atoms with Gasteiger partial charge in [-0.3, -0.25) is 0 Å². The molecule has 0 aromatic carbocycles. The van der Waals surface area contributed by atoms with E-state index in [-0.39, 0.29) is 0 Å². The third kappa shape index (κ3) is 4.21. The van der Waals surface area contributed by atoms with Crippen LogP contribution in [0.5, 0.6) is 0 Å². The monoisotopic (exact) mass is 288 g/mol. The van der Waals surface area contributed by atoms with Gasteiger partial charge in [0.05, 0.1) is 8.07 Å². The Balaban J connectivity index is 4.99. The van der Waals surface area contributed by atoms with E-state index < -0.39 is 17.1 Å². The highest BCUT2D eigenvalue weighted by molar-refractivity contribution is 6.78. The van der Waals surface area contributed by atoms with Crippen LogP contribution < -0.4 is 0 Å². The molecule has 0 N–H and O–H groups in total. The number of rotatable bonds is 6. The summed E-state index contributed by atoms with van der Waals surface area (Å²) in [7, 11) is -2.39. The van der Waals surface area contributed by atoms with Crippen LogP contribution in [-0.2, 0) is 4.43 Å². The molecule has 0 saturated carbocycles. The molecule has 0 amide bonds. The molecule has 0 spiro atoms. The Morgan fingerprint density at radius 2 is 1.50 bits per heavy atom. The van der Waals surface area contributed by atoms with Gasteiger partial charge in [0.15, 0.2) is 9.04 Å². The maximum atomic E-state index is 6.65. The predicted molar refractivity (Wildman–Crippen MR) is 89.6 cm³/mol. The van der Waals surface area contributed by atoms with Gasteiger partial charge in [-0.1, -0.05) is 67.6 Å². The maximum absolute atomic E-state index is 6.65. The van der Waals surface area contributed by atoms with Gasteiger partial charge in [-0.2, -0.15) is 0 Å². The third-order valence-electron chi connectivity index (χ3n) is 5.05. The van der Waals surface area contributed by atoms with E-state index in [1.807, 2.05) is 0 Å². The van der Waals surface area contributed by atoms with Gasteiger partial charge >= 0.3 is 0 Å². The van der Waals surface area contributed by atoms with Gasteiger partial charge in [-0.05, 0) is 23.4 Å². The second-order valence-corrected chi connectivity index (χ2v) is 16.3. The Hall–Kier alpha value is 0.394. The Morgan fingerprint density at radius 3 is 1.72 bits per heavy atom. The molecule has 18 heavy (non-hydrogen) atoms. The lowest BCUT2D eigenvalue weighted by Crippen LogP contribution is -2.48. The smallest absolute Gasteiger partial charge is 0.180 e. The Kier molecular flexibility index (Phi) is 6.37. The zero-order valence-corrected chi connectivity index (χ0v) is 16.6. The van der Waals surface area contributed by atoms with E-state index in [1.165, 1.54) is 12.8 Å². The fourth-order valence-corrected chi connectivity index (χ4v) is 8.99. The molecule has 0 heterocycles. The molecule has 0 saturated heterocycles. The first-order valence-electron chi connectivity index (χ1n) is 7.55. The zero-order chi connectivity index (χ0) is 14.8. The van der Waals surface area contributed by atoms with E-state index in [0.717, 1.165) is 0 Å². The zero-order valence-electron chi connectivity index (χ0n) is 14.5. The highest BCUT2D eigenvalue weighted by Crippen LogP contribution is 2.50. The van der Waals surface area contributed by atoms with Crippen molar-refractivity contribution >= 4 is 17.1 Å². The highest BCUT2D eigenvalue weighted by Gasteiger charge is 2.44. The molecular formula is C15H36OSi2. The van der Waals surface area contributed by atoms with E-state index in [4.69, 9.17) is 4.43 Å². The van der Waals surface area contributed by atoms with Crippen LogP contribution in [-0.4, -0.2) is 22.8 Å². The summed E-state index contributed by atoms with van der Waals surface area (Å²) in [4.78, 5) is 0. The molecule has 0 radical (unpaired) electrons. The minimum Gasteiger partial charge on any atom is -0.420 e. The van der Waals surface area contributed by atoms with Crippen molar-refractivity contribution in [3.8, 4) is 0 Å². The molecule has 0 aliphatic carbocycles. The van der Waals surface area contributed by atoms with Crippen molar-refractivity contribution in [1.29, 1.82) is 0 Å². The van der Waals surface area contributed by atoms with Gasteiger partial charge in [0.1, 0.15) is 0 Å². The minimum absolute atomic E-state index is 0.338. The molecule has 0 fully saturated rings. The molecule has 0 rings (SSSR count). The van der Waals surface area contributed by atoms with E-state index >= 15 is 0 Å². The Labute approximate surface area is 118 Å². The maximum Gasteiger partial charge on any atom is 0.180 e. The summed E-state index contributed by atoms with van der Waals surface area (Å²) >= 11 is 0. The second kappa shape index (κ2) is 6.23. The Bertz CT molecular complexity index is 252. The summed E-state index contributed by atoms with van der Waals surface area (Å²) in [5.74, 6) is 0. The molecule has 2 unspecified atom stereocenters. The predicted octanol–water partition coefficient (Wildman–Crippen LogP) is 5.23. The summed E-state index contributed by atoms with van der Waals surface area (Å²) in [5.41, 5.74) is 0.873. The highest BCUT2D eigenvalue weighted by atomic mass is 28.3. The van der Waals surface area contributed by atoms with E-state index in [9.17, 15) is 0 Å². The van der Waals surface area contributed by atoms with Gasteiger partial charge in [0.2, 0.25) is 0 Å². The van der Waals surface area contributed by atoms with Crippen molar-refractivity contribution in [2.24, 2.45) is 5.41 Å². The topological polar surface area (TPSA) is 9.23 Å². The minimum atomic E-state index is -1.20. The Morgan fingerprint density at radius 1 is 1.06 bits per heavy atom. The van der Waals surface area contributed by atoms with Gasteiger partial charge in [0, 0.05) is 5.73 Å². The van der Waals surface area contributed by atoms with Gasteiger partial charge < -0.3 is 4.43 Å². The molecule has 1 nitrogen and oxygen atoms in total. The molecular weight excluding hydrogens is 252 g/mol. The molecule has 3 atom stereocenters. The lowest BCUT2D eigenvalue weighted by atomic mass is 9.79. The largest absolute Gasteiger partial charge is 0.420 e. The quantitative estimate of drug-likeness (QED) is 0.608. The molecule has 0 aromatic heterocycles. The van der Waals surface area contributed by atoms with Gasteiger partial charge in [-0.15, -0.1) is 0 Å². The first-order chi connectivity index (χ1) is 7.90. The molecule has 110 valence electrons. The average molecular weight is 289 g/mol. The first kappa shape index (κ1) is 18.4. The summed E-state index contributed by atoms with van der Waals surface area (Å²) in [6.45, 7) is 23.9. The van der Waals surface area contributed by atoms with Crippen molar-refractivity contribution in [3.05, 3.63) is 0 Å². The van der Waals surface area contributed by atoms with E-state index in [0.29, 0.717) is 16.2 Å². The fourth-order valence-electron chi connectivity index (χ4n) is 2.74. The standard InChI is InChI=1S/C15H36OSi2/c1-11-13(18(8,9)10)16-17(7)15(6,12-2)14(3,4)5/h13,17H,11-12H2,1-10H3/t13?,15-,17?/m1/s1. The first-order valence-corrected chi connectivity index (χ1v) is 13.3. The van der Waals surface area contributed by atoms with Crippen molar-refractivity contribution in [3.63, 3.8) is 0 Å². The van der Waals surface area contributed by atoms with E-state index in [2.05, 4.69) is 67.7 Å². The fraction of sp³-hybridized carbons (Fsp3) is 1.00. The summed E-state index contributed by atoms with van der Waals surface area (Å²) in [6.07, 6.45) is 2.41. The summed E-state index contributed by atoms with van der Waals surface area (Å²) in [6, 6.07) is 0. The third-order valence-corrected chi connectivity index (χ3v) is 11.6. The molecule has 0 aliphatic heterocycles. The molecule has 3 heteroatoms. The summed E-state index contributed by atoms with van der Waals surface area (Å²) in [5, 5.41) is 0.375. The average Bonchev–Trinajstić information content (AvgIpc) is 2.20. The lowest BCUT2D eigenvalue weighted by molar-refractivity contribution is 0.194. The van der Waals surface area contributed by atoms with Gasteiger partial charge in [0.25, 0.3) is 0 Å². The molecule has 0 bridgehead atoms. The molecule has 0 aliphatic rings. The second-order valence-electron chi connectivity index (χ2n) is 8.06. The van der Waals surface area contributed by atoms with Crippen LogP contribution in [0.1, 0.15) is 54.4 Å². The van der Waals surface area contributed by atoms with Crippen LogP contribution >= 0.6 is 0 Å². The van der Waals surface area contributed by atoms with Crippen LogP contribution in [0.2, 0.25) is 31.2 Å². The van der Waals surface area contributed by atoms with Crippen molar-refractivity contribution in [2.45, 2.75) is 91.3 Å². The van der Waals surface area contributed by atoms with E-state index in [1.54, 1.807) is 0 Å².